The summed E-state index contributed by atoms with van der Waals surface area (Å²) in [6, 6.07) is 8.07. The first-order valence-electron chi connectivity index (χ1n) is 9.77. The van der Waals surface area contributed by atoms with Gasteiger partial charge in [-0.2, -0.15) is 0 Å². The number of nitrogens with zero attached hydrogens (tertiary/aromatic N) is 6. The molecule has 0 bridgehead atoms. The SMILES string of the molecule is c1ccc2nc(N3CCC[C@H](c4nnc5n4CCCCC5)C3)cnc2c1. The number of aromatic nitrogens is 5. The lowest BCUT2D eigenvalue weighted by Gasteiger charge is -2.33. The van der Waals surface area contributed by atoms with Crippen LogP contribution in [0.2, 0.25) is 0 Å². The molecular weight excluding hydrogens is 324 g/mol. The van der Waals surface area contributed by atoms with Gasteiger partial charge in [-0.1, -0.05) is 18.6 Å². The number of hydrogen-bond acceptors (Lipinski definition) is 5. The first-order valence-corrected chi connectivity index (χ1v) is 9.77. The van der Waals surface area contributed by atoms with Crippen LogP contribution < -0.4 is 4.90 Å². The van der Waals surface area contributed by atoms with E-state index in [4.69, 9.17) is 4.98 Å². The summed E-state index contributed by atoms with van der Waals surface area (Å²) < 4.78 is 2.40. The van der Waals surface area contributed by atoms with Gasteiger partial charge in [-0.25, -0.2) is 4.98 Å². The van der Waals surface area contributed by atoms with Crippen LogP contribution in [0.15, 0.2) is 30.5 Å². The second-order valence-electron chi connectivity index (χ2n) is 7.44. The van der Waals surface area contributed by atoms with Gasteiger partial charge in [0.05, 0.1) is 17.2 Å². The predicted octanol–water partition coefficient (Wildman–Crippen LogP) is 3.33. The zero-order valence-electron chi connectivity index (χ0n) is 15.0. The molecule has 1 saturated heterocycles. The van der Waals surface area contributed by atoms with Gasteiger partial charge in [0.1, 0.15) is 17.5 Å². The summed E-state index contributed by atoms with van der Waals surface area (Å²) in [6.45, 7) is 3.06. The Labute approximate surface area is 153 Å². The van der Waals surface area contributed by atoms with Gasteiger partial charge in [0, 0.05) is 32.0 Å². The lowest BCUT2D eigenvalue weighted by Crippen LogP contribution is -2.36. The van der Waals surface area contributed by atoms with E-state index < -0.39 is 0 Å². The minimum Gasteiger partial charge on any atom is -0.355 e. The van der Waals surface area contributed by atoms with Crippen molar-refractivity contribution < 1.29 is 0 Å². The first kappa shape index (κ1) is 15.7. The quantitative estimate of drug-likeness (QED) is 0.711. The maximum atomic E-state index is 4.84. The smallest absolute Gasteiger partial charge is 0.147 e. The average molecular weight is 348 g/mol. The van der Waals surface area contributed by atoms with Crippen molar-refractivity contribution >= 4 is 16.9 Å². The highest BCUT2D eigenvalue weighted by Gasteiger charge is 2.28. The van der Waals surface area contributed by atoms with Gasteiger partial charge in [0.25, 0.3) is 0 Å². The van der Waals surface area contributed by atoms with E-state index in [1.165, 1.54) is 37.3 Å². The molecular formula is C20H24N6. The topological polar surface area (TPSA) is 59.7 Å². The number of hydrogen-bond donors (Lipinski definition) is 0. The third-order valence-electron chi connectivity index (χ3n) is 5.68. The van der Waals surface area contributed by atoms with Crippen molar-refractivity contribution in [3.8, 4) is 0 Å². The van der Waals surface area contributed by atoms with E-state index in [2.05, 4.69) is 24.6 Å². The molecule has 0 radical (unpaired) electrons. The second kappa shape index (κ2) is 6.67. The number of rotatable bonds is 2. The van der Waals surface area contributed by atoms with Gasteiger partial charge in [-0.05, 0) is 37.8 Å². The molecule has 26 heavy (non-hydrogen) atoms. The largest absolute Gasteiger partial charge is 0.355 e. The van der Waals surface area contributed by atoms with Crippen LogP contribution in [0.5, 0.6) is 0 Å². The molecule has 0 spiro atoms. The molecule has 2 aliphatic rings. The molecule has 0 saturated carbocycles. The van der Waals surface area contributed by atoms with E-state index in [1.807, 2.05) is 30.5 Å². The molecule has 2 aliphatic heterocycles. The normalized spacial score (nSPS) is 20.8. The molecule has 1 aromatic carbocycles. The number of benzene rings is 1. The highest BCUT2D eigenvalue weighted by molar-refractivity contribution is 5.75. The van der Waals surface area contributed by atoms with E-state index in [0.717, 1.165) is 49.3 Å². The van der Waals surface area contributed by atoms with Crippen molar-refractivity contribution in [1.82, 2.24) is 24.7 Å². The Bertz CT molecular complexity index is 918. The van der Waals surface area contributed by atoms with Crippen molar-refractivity contribution in [2.75, 3.05) is 18.0 Å². The summed E-state index contributed by atoms with van der Waals surface area (Å²) in [7, 11) is 0. The fourth-order valence-corrected chi connectivity index (χ4v) is 4.31. The lowest BCUT2D eigenvalue weighted by molar-refractivity contribution is 0.464. The van der Waals surface area contributed by atoms with Gasteiger partial charge in [0.2, 0.25) is 0 Å². The monoisotopic (exact) mass is 348 g/mol. The van der Waals surface area contributed by atoms with E-state index in [0.29, 0.717) is 5.92 Å². The van der Waals surface area contributed by atoms with Crippen LogP contribution in [0.3, 0.4) is 0 Å². The van der Waals surface area contributed by atoms with Crippen LogP contribution in [-0.4, -0.2) is 37.8 Å². The molecule has 5 rings (SSSR count). The molecule has 6 nitrogen and oxygen atoms in total. The van der Waals surface area contributed by atoms with Crippen molar-refractivity contribution in [2.24, 2.45) is 0 Å². The van der Waals surface area contributed by atoms with Crippen LogP contribution in [-0.2, 0) is 13.0 Å². The predicted molar refractivity (Wildman–Crippen MR) is 101 cm³/mol. The van der Waals surface area contributed by atoms with E-state index in [-0.39, 0.29) is 0 Å². The van der Waals surface area contributed by atoms with Gasteiger partial charge < -0.3 is 9.47 Å². The molecule has 4 heterocycles. The van der Waals surface area contributed by atoms with E-state index in [9.17, 15) is 0 Å². The summed E-state index contributed by atoms with van der Waals surface area (Å²) in [5, 5.41) is 9.09. The zero-order valence-corrected chi connectivity index (χ0v) is 15.0. The molecule has 3 aromatic rings. The van der Waals surface area contributed by atoms with Gasteiger partial charge in [-0.15, -0.1) is 10.2 Å². The second-order valence-corrected chi connectivity index (χ2v) is 7.44. The van der Waals surface area contributed by atoms with Crippen LogP contribution in [0.25, 0.3) is 11.0 Å². The number of fused-ring (bicyclic) bond motifs is 2. The van der Waals surface area contributed by atoms with Crippen molar-refractivity contribution in [1.29, 1.82) is 0 Å². The Morgan fingerprint density at radius 2 is 1.85 bits per heavy atom. The molecule has 0 aliphatic carbocycles. The first-order chi connectivity index (χ1) is 12.9. The molecule has 1 fully saturated rings. The minimum absolute atomic E-state index is 0.427. The summed E-state index contributed by atoms with van der Waals surface area (Å²) in [5.74, 6) is 3.76. The van der Waals surface area contributed by atoms with E-state index in [1.54, 1.807) is 0 Å². The molecule has 2 aromatic heterocycles. The number of aryl methyl sites for hydroxylation is 1. The molecule has 1 atom stereocenters. The van der Waals surface area contributed by atoms with Crippen molar-refractivity contribution in [3.05, 3.63) is 42.1 Å². The molecule has 0 amide bonds. The Morgan fingerprint density at radius 1 is 0.923 bits per heavy atom. The van der Waals surface area contributed by atoms with Crippen molar-refractivity contribution in [2.45, 2.75) is 51.0 Å². The van der Waals surface area contributed by atoms with Gasteiger partial charge >= 0.3 is 0 Å². The summed E-state index contributed by atoms with van der Waals surface area (Å²) in [6.07, 6.45) is 9.09. The number of para-hydroxylation sites is 2. The Hall–Kier alpha value is -2.50. The Balaban J connectivity index is 1.42. The fourth-order valence-electron chi connectivity index (χ4n) is 4.31. The van der Waals surface area contributed by atoms with Gasteiger partial charge in [0.15, 0.2) is 0 Å². The average Bonchev–Trinajstić information content (AvgIpc) is 2.96. The summed E-state index contributed by atoms with van der Waals surface area (Å²) in [4.78, 5) is 11.8. The highest BCUT2D eigenvalue weighted by atomic mass is 15.3. The maximum Gasteiger partial charge on any atom is 0.147 e. The standard InChI is InChI=1S/C20H24N6/c1-2-10-18-23-24-20(26(18)12-5-1)15-7-6-11-25(14-15)19-13-21-16-8-3-4-9-17(16)22-19/h3-4,8-9,13,15H,1-2,5-7,10-12,14H2/t15-/m0/s1. The number of anilines is 1. The van der Waals surface area contributed by atoms with Crippen LogP contribution >= 0.6 is 0 Å². The maximum absolute atomic E-state index is 4.84. The minimum atomic E-state index is 0.427. The molecule has 0 N–H and O–H groups in total. The third kappa shape index (κ3) is 2.83. The van der Waals surface area contributed by atoms with E-state index >= 15 is 0 Å². The third-order valence-corrected chi connectivity index (χ3v) is 5.68. The Kier molecular flexibility index (Phi) is 4.03. The zero-order chi connectivity index (χ0) is 17.3. The Morgan fingerprint density at radius 3 is 2.81 bits per heavy atom. The fraction of sp³-hybridized carbons (Fsp3) is 0.500. The lowest BCUT2D eigenvalue weighted by atomic mass is 9.97. The van der Waals surface area contributed by atoms with Crippen LogP contribution in [0.4, 0.5) is 5.82 Å². The van der Waals surface area contributed by atoms with Crippen molar-refractivity contribution in [3.63, 3.8) is 0 Å². The summed E-state index contributed by atoms with van der Waals surface area (Å²) >= 11 is 0. The molecule has 134 valence electrons. The van der Waals surface area contributed by atoms with Gasteiger partial charge in [-0.3, -0.25) is 4.98 Å². The molecule has 0 unspecified atom stereocenters. The number of piperidine rings is 1. The van der Waals surface area contributed by atoms with Crippen LogP contribution in [0.1, 0.15) is 49.7 Å². The highest BCUT2D eigenvalue weighted by Crippen LogP contribution is 2.30. The summed E-state index contributed by atoms with van der Waals surface area (Å²) in [5.41, 5.74) is 1.91. The van der Waals surface area contributed by atoms with Crippen LogP contribution in [0, 0.1) is 0 Å². The molecule has 6 heteroatoms.